The number of carbonyl (C=O) groups is 4. The van der Waals surface area contributed by atoms with E-state index < -0.39 is 5.97 Å². The summed E-state index contributed by atoms with van der Waals surface area (Å²) in [6.45, 7) is 30.9. The standard InChI is InChI=1S/C9H10.C6H11NO.C5H9NO.C5H8O2.C5H8O.C4H6O2/c1-3-9-6-4-8(2)5-7-9;1-5(2)6(8)7(3)4;1-4-5(7)6(2)3;1-4(2)5(6)7-3;1-4-6-5(2)3;1-3-4(5)6-2/h3-7H,1H2,2H3;1H2,2-4H3;4H,1H2,2-3H3;1H2,2-3H3;4H,1-2H2,3H3;3H,1H2,2H3. The van der Waals surface area contributed by atoms with Crippen molar-refractivity contribution in [3.63, 3.8) is 0 Å². The highest BCUT2D eigenvalue weighted by molar-refractivity contribution is 5.91. The minimum atomic E-state index is -0.394. The lowest BCUT2D eigenvalue weighted by atomic mass is 10.2. The number of allylic oxidation sites excluding steroid dienone is 1. The molecule has 0 unspecified atom stereocenters. The van der Waals surface area contributed by atoms with Crippen molar-refractivity contribution in [2.45, 2.75) is 27.7 Å². The molecule has 0 heterocycles. The van der Waals surface area contributed by atoms with Gasteiger partial charge in [-0.15, -0.1) is 0 Å². The number of rotatable bonds is 7. The molecule has 1 rings (SSSR count). The SMILES string of the molecule is C=C(C)C(=O)N(C)C.C=C(C)C(=O)OC.C=CC(=O)N(C)C.C=CC(=O)OC.C=COC(=C)C.C=Cc1ccc(C)cc1. The molecule has 0 aliphatic heterocycles. The number of hydrogen-bond acceptors (Lipinski definition) is 7. The molecule has 2 amide bonds. The zero-order valence-corrected chi connectivity index (χ0v) is 27.8. The van der Waals surface area contributed by atoms with Gasteiger partial charge in [-0.1, -0.05) is 82.0 Å². The molecule has 240 valence electrons. The molecule has 1 aromatic rings. The van der Waals surface area contributed by atoms with Crippen molar-refractivity contribution < 1.29 is 33.4 Å². The average molecular weight is 601 g/mol. The highest BCUT2D eigenvalue weighted by atomic mass is 16.5. The summed E-state index contributed by atoms with van der Waals surface area (Å²) >= 11 is 0. The fourth-order valence-electron chi connectivity index (χ4n) is 1.67. The van der Waals surface area contributed by atoms with Crippen LogP contribution in [0.2, 0.25) is 0 Å². The summed E-state index contributed by atoms with van der Waals surface area (Å²) in [5, 5.41) is 0. The zero-order valence-electron chi connectivity index (χ0n) is 27.8. The maximum absolute atomic E-state index is 10.7. The number of ether oxygens (including phenoxy) is 3. The molecule has 43 heavy (non-hydrogen) atoms. The van der Waals surface area contributed by atoms with E-state index in [-0.39, 0.29) is 17.8 Å². The van der Waals surface area contributed by atoms with Gasteiger partial charge in [-0.05, 0) is 39.3 Å². The van der Waals surface area contributed by atoms with Crippen LogP contribution in [0.1, 0.15) is 31.9 Å². The van der Waals surface area contributed by atoms with E-state index in [9.17, 15) is 19.2 Å². The number of methoxy groups -OCH3 is 2. The predicted octanol–water partition coefficient (Wildman–Crippen LogP) is 6.31. The zero-order chi connectivity index (χ0) is 35.1. The van der Waals surface area contributed by atoms with Crippen LogP contribution < -0.4 is 0 Å². The lowest BCUT2D eigenvalue weighted by Crippen LogP contribution is -2.21. The van der Waals surface area contributed by atoms with Crippen LogP contribution >= 0.6 is 0 Å². The molecule has 0 aliphatic carbocycles. The molecule has 0 radical (unpaired) electrons. The second kappa shape index (κ2) is 31.6. The third kappa shape index (κ3) is 39.3. The topological polar surface area (TPSA) is 102 Å². The summed E-state index contributed by atoms with van der Waals surface area (Å²) in [7, 11) is 9.42. The van der Waals surface area contributed by atoms with Gasteiger partial charge in [0.1, 0.15) is 0 Å². The van der Waals surface area contributed by atoms with Gasteiger partial charge >= 0.3 is 11.9 Å². The van der Waals surface area contributed by atoms with Crippen LogP contribution in [0.25, 0.3) is 6.08 Å². The van der Waals surface area contributed by atoms with E-state index in [1.807, 2.05) is 6.08 Å². The second-order valence-corrected chi connectivity index (χ2v) is 8.52. The Labute approximate surface area is 259 Å². The number of hydrogen-bond donors (Lipinski definition) is 0. The molecular weight excluding hydrogens is 548 g/mol. The van der Waals surface area contributed by atoms with Gasteiger partial charge in [-0.2, -0.15) is 0 Å². The molecule has 0 atom stereocenters. The molecule has 0 saturated carbocycles. The number of amides is 2. The first-order valence-corrected chi connectivity index (χ1v) is 12.6. The third-order valence-corrected chi connectivity index (χ3v) is 3.89. The molecule has 0 spiro atoms. The summed E-state index contributed by atoms with van der Waals surface area (Å²) in [6, 6.07) is 8.28. The minimum absolute atomic E-state index is 0.00926. The third-order valence-electron chi connectivity index (χ3n) is 3.89. The largest absolute Gasteiger partial charge is 0.471 e. The molecule has 0 N–H and O–H groups in total. The molecule has 9 nitrogen and oxygen atoms in total. The minimum Gasteiger partial charge on any atom is -0.471 e. The van der Waals surface area contributed by atoms with E-state index in [1.54, 1.807) is 49.0 Å². The predicted molar refractivity (Wildman–Crippen MR) is 179 cm³/mol. The first-order chi connectivity index (χ1) is 19.8. The van der Waals surface area contributed by atoms with Gasteiger partial charge in [0.2, 0.25) is 11.8 Å². The molecule has 0 aromatic heterocycles. The van der Waals surface area contributed by atoms with Gasteiger partial charge < -0.3 is 24.0 Å². The van der Waals surface area contributed by atoms with Gasteiger partial charge in [0.25, 0.3) is 0 Å². The molecule has 0 bridgehead atoms. The quantitative estimate of drug-likeness (QED) is 0.205. The van der Waals surface area contributed by atoms with Crippen LogP contribution in [-0.4, -0.2) is 76.0 Å². The van der Waals surface area contributed by atoms with Gasteiger partial charge in [-0.25, -0.2) is 9.59 Å². The Morgan fingerprint density at radius 3 is 1.28 bits per heavy atom. The van der Waals surface area contributed by atoms with E-state index in [4.69, 9.17) is 0 Å². The number of benzene rings is 1. The molecule has 0 fully saturated rings. The van der Waals surface area contributed by atoms with Crippen molar-refractivity contribution in [3.8, 4) is 0 Å². The first kappa shape index (κ1) is 47.8. The highest BCUT2D eigenvalue weighted by Gasteiger charge is 2.01. The van der Waals surface area contributed by atoms with E-state index in [1.165, 1.54) is 47.5 Å². The Morgan fingerprint density at radius 2 is 1.19 bits per heavy atom. The number of likely N-dealkylation sites (N-methyl/N-ethyl adjacent to an activating group) is 2. The maximum atomic E-state index is 10.7. The first-order valence-electron chi connectivity index (χ1n) is 12.6. The van der Waals surface area contributed by atoms with Gasteiger partial charge in [-0.3, -0.25) is 9.59 Å². The molecule has 1 aromatic carbocycles. The van der Waals surface area contributed by atoms with Crippen LogP contribution in [-0.2, 0) is 33.4 Å². The fourth-order valence-corrected chi connectivity index (χ4v) is 1.67. The van der Waals surface area contributed by atoms with Crippen molar-refractivity contribution in [3.05, 3.63) is 117 Å². The summed E-state index contributed by atoms with van der Waals surface area (Å²) in [4.78, 5) is 44.0. The number of carbonyl (C=O) groups excluding carboxylic acids is 4. The van der Waals surface area contributed by atoms with Crippen LogP contribution in [0, 0.1) is 6.92 Å². The van der Waals surface area contributed by atoms with Crippen LogP contribution in [0.15, 0.2) is 106 Å². The van der Waals surface area contributed by atoms with Crippen molar-refractivity contribution in [2.24, 2.45) is 0 Å². The lowest BCUT2D eigenvalue weighted by molar-refractivity contribution is -0.136. The number of aryl methyl sites for hydroxylation is 1. The van der Waals surface area contributed by atoms with Gasteiger partial charge in [0.15, 0.2) is 0 Å². The molecule has 9 heteroatoms. The molecule has 0 saturated heterocycles. The van der Waals surface area contributed by atoms with Crippen molar-refractivity contribution >= 4 is 29.8 Å². The monoisotopic (exact) mass is 600 g/mol. The Kier molecular flexibility index (Phi) is 35.2. The second-order valence-electron chi connectivity index (χ2n) is 8.52. The summed E-state index contributed by atoms with van der Waals surface area (Å²) in [5.74, 6) is -0.134. The number of nitrogens with zero attached hydrogens (tertiary/aromatic N) is 2. The maximum Gasteiger partial charge on any atom is 0.332 e. The summed E-state index contributed by atoms with van der Waals surface area (Å²) in [6.07, 6.45) is 5.59. The molecular formula is C34H52N2O7. The van der Waals surface area contributed by atoms with Gasteiger partial charge in [0.05, 0.1) is 26.2 Å². The van der Waals surface area contributed by atoms with E-state index in [0.29, 0.717) is 16.9 Å². The Balaban J connectivity index is -0.000000135. The van der Waals surface area contributed by atoms with E-state index in [2.05, 4.69) is 91.5 Å². The van der Waals surface area contributed by atoms with Crippen LogP contribution in [0.3, 0.4) is 0 Å². The van der Waals surface area contributed by atoms with E-state index in [0.717, 1.165) is 6.08 Å². The van der Waals surface area contributed by atoms with Gasteiger partial charge in [0, 0.05) is 45.4 Å². The normalized spacial score (nSPS) is 7.86. The molecule has 0 aliphatic rings. The van der Waals surface area contributed by atoms with E-state index >= 15 is 0 Å². The van der Waals surface area contributed by atoms with Crippen molar-refractivity contribution in [2.75, 3.05) is 42.4 Å². The van der Waals surface area contributed by atoms with Crippen molar-refractivity contribution in [1.29, 1.82) is 0 Å². The highest BCUT2D eigenvalue weighted by Crippen LogP contribution is 2.02. The average Bonchev–Trinajstić information content (AvgIpc) is 2.97. The van der Waals surface area contributed by atoms with Crippen LogP contribution in [0.4, 0.5) is 0 Å². The Morgan fingerprint density at radius 1 is 0.721 bits per heavy atom. The smallest absolute Gasteiger partial charge is 0.332 e. The fraction of sp³-hybridized carbons (Fsp3) is 0.294. The Hall–Kier alpha value is -4.92. The summed E-state index contributed by atoms with van der Waals surface area (Å²) < 4.78 is 13.0. The summed E-state index contributed by atoms with van der Waals surface area (Å²) in [5.41, 5.74) is 3.48. The number of esters is 2. The van der Waals surface area contributed by atoms with Crippen molar-refractivity contribution in [1.82, 2.24) is 9.80 Å². The Bertz CT molecular complexity index is 1050. The lowest BCUT2D eigenvalue weighted by Gasteiger charge is -2.07. The van der Waals surface area contributed by atoms with Crippen LogP contribution in [0.5, 0.6) is 0 Å².